The fourth-order valence-electron chi connectivity index (χ4n) is 3.20. The van der Waals surface area contributed by atoms with Gasteiger partial charge in [-0.05, 0) is 23.6 Å². The Morgan fingerprint density at radius 2 is 1.72 bits per heavy atom. The summed E-state index contributed by atoms with van der Waals surface area (Å²) < 4.78 is 0. The third-order valence-electron chi connectivity index (χ3n) is 4.40. The highest BCUT2D eigenvalue weighted by atomic mass is 14.8. The average molecular weight is 233 g/mol. The summed E-state index contributed by atoms with van der Waals surface area (Å²) in [6, 6.07) is 19.2. The number of aliphatic imine (C=N–C) groups is 1. The first-order chi connectivity index (χ1) is 8.79. The lowest BCUT2D eigenvalue weighted by Gasteiger charge is -2.21. The third-order valence-corrected chi connectivity index (χ3v) is 4.40. The van der Waals surface area contributed by atoms with Gasteiger partial charge in [0.05, 0.1) is 11.4 Å². The molecule has 1 aliphatic heterocycles. The topological polar surface area (TPSA) is 12.4 Å². The van der Waals surface area contributed by atoms with Gasteiger partial charge in [-0.1, -0.05) is 55.5 Å². The van der Waals surface area contributed by atoms with E-state index in [0.717, 1.165) is 5.69 Å². The Labute approximate surface area is 107 Å². The minimum Gasteiger partial charge on any atom is -0.252 e. The molecule has 2 unspecified atom stereocenters. The molecule has 1 aliphatic carbocycles. The Morgan fingerprint density at radius 1 is 1.00 bits per heavy atom. The molecular weight excluding hydrogens is 218 g/mol. The molecule has 0 N–H and O–H groups in total. The molecule has 0 amide bonds. The first-order valence-corrected chi connectivity index (χ1v) is 6.52. The van der Waals surface area contributed by atoms with Crippen molar-refractivity contribution in [3.05, 3.63) is 65.7 Å². The van der Waals surface area contributed by atoms with Gasteiger partial charge in [0, 0.05) is 11.3 Å². The van der Waals surface area contributed by atoms with Crippen molar-refractivity contribution in [2.75, 3.05) is 0 Å². The highest BCUT2D eigenvalue weighted by molar-refractivity contribution is 6.08. The summed E-state index contributed by atoms with van der Waals surface area (Å²) in [6.45, 7) is 2.37. The number of benzene rings is 2. The van der Waals surface area contributed by atoms with Gasteiger partial charge in [-0.15, -0.1) is 0 Å². The highest BCUT2D eigenvalue weighted by Crippen LogP contribution is 2.60. The molecule has 4 rings (SSSR count). The van der Waals surface area contributed by atoms with E-state index in [1.54, 1.807) is 0 Å². The fourth-order valence-corrected chi connectivity index (χ4v) is 3.20. The molecule has 0 bridgehead atoms. The maximum Gasteiger partial charge on any atom is 0.0671 e. The van der Waals surface area contributed by atoms with E-state index in [9.17, 15) is 0 Å². The van der Waals surface area contributed by atoms with Crippen molar-refractivity contribution in [2.24, 2.45) is 10.9 Å². The number of rotatable bonds is 1. The first-order valence-electron chi connectivity index (χ1n) is 6.52. The van der Waals surface area contributed by atoms with Gasteiger partial charge in [-0.2, -0.15) is 0 Å². The number of hydrogen-bond acceptors (Lipinski definition) is 1. The van der Waals surface area contributed by atoms with E-state index in [4.69, 9.17) is 4.99 Å². The molecule has 2 aromatic rings. The van der Waals surface area contributed by atoms with Gasteiger partial charge in [0.2, 0.25) is 0 Å². The Kier molecular flexibility index (Phi) is 1.86. The summed E-state index contributed by atoms with van der Waals surface area (Å²) in [5, 5.41) is 0. The quantitative estimate of drug-likeness (QED) is 0.703. The third kappa shape index (κ3) is 1.25. The number of nitrogens with zero attached hydrogens (tertiary/aromatic N) is 1. The van der Waals surface area contributed by atoms with Crippen LogP contribution in [-0.2, 0) is 5.41 Å². The summed E-state index contributed by atoms with van der Waals surface area (Å²) in [4.78, 5) is 4.90. The molecule has 18 heavy (non-hydrogen) atoms. The van der Waals surface area contributed by atoms with Gasteiger partial charge < -0.3 is 0 Å². The van der Waals surface area contributed by atoms with Gasteiger partial charge in [0.1, 0.15) is 0 Å². The van der Waals surface area contributed by atoms with Crippen LogP contribution in [0.1, 0.15) is 24.5 Å². The highest BCUT2D eigenvalue weighted by Gasteiger charge is 2.56. The Hall–Kier alpha value is -1.89. The van der Waals surface area contributed by atoms with Crippen molar-refractivity contribution in [1.29, 1.82) is 0 Å². The fraction of sp³-hybridized carbons (Fsp3) is 0.235. The Morgan fingerprint density at radius 3 is 2.56 bits per heavy atom. The smallest absolute Gasteiger partial charge is 0.0671 e. The summed E-state index contributed by atoms with van der Waals surface area (Å²) in [6.07, 6.45) is 1.23. The van der Waals surface area contributed by atoms with E-state index in [-0.39, 0.29) is 0 Å². The van der Waals surface area contributed by atoms with Crippen LogP contribution in [0.3, 0.4) is 0 Å². The second-order valence-corrected chi connectivity index (χ2v) is 5.55. The lowest BCUT2D eigenvalue weighted by Crippen LogP contribution is -2.17. The zero-order chi connectivity index (χ0) is 12.2. The molecule has 0 radical (unpaired) electrons. The summed E-state index contributed by atoms with van der Waals surface area (Å²) in [7, 11) is 0. The molecule has 0 saturated heterocycles. The molecule has 1 heterocycles. The number of para-hydroxylation sites is 1. The molecule has 2 atom stereocenters. The van der Waals surface area contributed by atoms with Crippen LogP contribution in [-0.4, -0.2) is 5.71 Å². The van der Waals surface area contributed by atoms with Crippen molar-refractivity contribution >= 4 is 11.4 Å². The van der Waals surface area contributed by atoms with Crippen LogP contribution in [0.2, 0.25) is 0 Å². The van der Waals surface area contributed by atoms with Crippen molar-refractivity contribution < 1.29 is 0 Å². The normalized spacial score (nSPS) is 28.1. The van der Waals surface area contributed by atoms with Crippen LogP contribution in [0.15, 0.2) is 59.6 Å². The second-order valence-electron chi connectivity index (χ2n) is 5.55. The largest absolute Gasteiger partial charge is 0.252 e. The number of fused-ring (bicyclic) bond motifs is 3. The van der Waals surface area contributed by atoms with E-state index in [0.29, 0.717) is 11.3 Å². The average Bonchev–Trinajstić information content (AvgIpc) is 3.12. The Balaban J connectivity index is 1.91. The van der Waals surface area contributed by atoms with Gasteiger partial charge in [-0.25, -0.2) is 0 Å². The molecule has 88 valence electrons. The predicted octanol–water partition coefficient (Wildman–Crippen LogP) is 4.10. The van der Waals surface area contributed by atoms with Crippen molar-refractivity contribution in [1.82, 2.24) is 0 Å². The van der Waals surface area contributed by atoms with E-state index >= 15 is 0 Å². The van der Waals surface area contributed by atoms with Crippen LogP contribution in [0.25, 0.3) is 0 Å². The van der Waals surface area contributed by atoms with Gasteiger partial charge in [-0.3, -0.25) is 4.99 Å². The van der Waals surface area contributed by atoms with Crippen molar-refractivity contribution in [3.63, 3.8) is 0 Å². The van der Waals surface area contributed by atoms with Crippen LogP contribution < -0.4 is 0 Å². The molecule has 2 aromatic carbocycles. The lowest BCUT2D eigenvalue weighted by molar-refractivity contribution is 0.742. The van der Waals surface area contributed by atoms with Crippen LogP contribution in [0, 0.1) is 5.92 Å². The minimum atomic E-state index is 0.323. The lowest BCUT2D eigenvalue weighted by atomic mass is 9.88. The van der Waals surface area contributed by atoms with Gasteiger partial charge in [0.25, 0.3) is 0 Å². The van der Waals surface area contributed by atoms with Gasteiger partial charge in [0.15, 0.2) is 0 Å². The molecular formula is C17H15N. The summed E-state index contributed by atoms with van der Waals surface area (Å²) >= 11 is 0. The molecule has 0 aromatic heterocycles. The molecule has 1 nitrogen and oxygen atoms in total. The van der Waals surface area contributed by atoms with E-state index in [1.807, 2.05) is 0 Å². The zero-order valence-corrected chi connectivity index (χ0v) is 10.4. The Bertz CT molecular complexity index is 642. The molecule has 2 aliphatic rings. The monoisotopic (exact) mass is 233 g/mol. The molecule has 1 saturated carbocycles. The zero-order valence-electron chi connectivity index (χ0n) is 10.4. The molecule has 0 spiro atoms. The van der Waals surface area contributed by atoms with E-state index in [1.165, 1.54) is 23.3 Å². The maximum atomic E-state index is 4.90. The van der Waals surface area contributed by atoms with Crippen molar-refractivity contribution in [3.8, 4) is 0 Å². The molecule has 1 heteroatoms. The van der Waals surface area contributed by atoms with Crippen LogP contribution in [0.5, 0.6) is 0 Å². The first kappa shape index (κ1) is 10.1. The molecule has 1 fully saturated rings. The minimum absolute atomic E-state index is 0.323. The van der Waals surface area contributed by atoms with Gasteiger partial charge >= 0.3 is 0 Å². The number of hydrogen-bond donors (Lipinski definition) is 0. The van der Waals surface area contributed by atoms with Crippen LogP contribution in [0.4, 0.5) is 5.69 Å². The van der Waals surface area contributed by atoms with E-state index in [2.05, 4.69) is 61.5 Å². The predicted molar refractivity (Wildman–Crippen MR) is 74.5 cm³/mol. The van der Waals surface area contributed by atoms with Crippen LogP contribution >= 0.6 is 0 Å². The van der Waals surface area contributed by atoms with Crippen molar-refractivity contribution in [2.45, 2.75) is 18.8 Å². The SMILES string of the molecule is CC12CC1C(c1ccccc1)=Nc1ccccc12. The standard InChI is InChI=1S/C17H15N/c1-17-11-14(17)16(12-7-3-2-4-8-12)18-15-10-6-5-9-13(15)17/h2-10,14H,11H2,1H3. The summed E-state index contributed by atoms with van der Waals surface area (Å²) in [5.74, 6) is 0.606. The maximum absolute atomic E-state index is 4.90. The second kappa shape index (κ2) is 3.32. The van der Waals surface area contributed by atoms with E-state index < -0.39 is 0 Å². The summed E-state index contributed by atoms with van der Waals surface area (Å²) in [5.41, 5.74) is 5.46.